The predicted octanol–water partition coefficient (Wildman–Crippen LogP) is -0.0522. The third-order valence-electron chi connectivity index (χ3n) is 2.35. The van der Waals surface area contributed by atoms with Crippen molar-refractivity contribution >= 4 is 5.78 Å². The third kappa shape index (κ3) is 2.57. The van der Waals surface area contributed by atoms with Gasteiger partial charge in [-0.15, -0.1) is 0 Å². The van der Waals surface area contributed by atoms with Crippen LogP contribution >= 0.6 is 0 Å². The second kappa shape index (κ2) is 5.07. The van der Waals surface area contributed by atoms with Crippen LogP contribution in [0.1, 0.15) is 28.9 Å². The topological polar surface area (TPSA) is 104 Å². The summed E-state index contributed by atoms with van der Waals surface area (Å²) in [7, 11) is 0. The number of phenolic OH excluding ortho intramolecular Hbond substituents is 1. The van der Waals surface area contributed by atoms with Gasteiger partial charge < -0.3 is 21.1 Å². The maximum absolute atomic E-state index is 11.2. The molecule has 0 aromatic heterocycles. The Morgan fingerprint density at radius 2 is 2.06 bits per heavy atom. The molecule has 0 aliphatic carbocycles. The van der Waals surface area contributed by atoms with E-state index in [0.29, 0.717) is 5.56 Å². The lowest BCUT2D eigenvalue weighted by Gasteiger charge is -2.17. The van der Waals surface area contributed by atoms with Gasteiger partial charge in [0.05, 0.1) is 11.7 Å². The molecule has 0 radical (unpaired) electrons. The summed E-state index contributed by atoms with van der Waals surface area (Å²) < 4.78 is 0. The first-order chi connectivity index (χ1) is 7.47. The van der Waals surface area contributed by atoms with E-state index in [1.54, 1.807) is 0 Å². The number of rotatable bonds is 4. The molecule has 2 unspecified atom stereocenters. The average molecular weight is 225 g/mol. The molecule has 0 amide bonds. The monoisotopic (exact) mass is 225 g/mol. The van der Waals surface area contributed by atoms with Crippen molar-refractivity contribution in [1.29, 1.82) is 0 Å². The van der Waals surface area contributed by atoms with Crippen molar-refractivity contribution in [2.24, 2.45) is 5.73 Å². The Labute approximate surface area is 93.1 Å². The van der Waals surface area contributed by atoms with Crippen molar-refractivity contribution in [3.05, 3.63) is 29.3 Å². The Morgan fingerprint density at radius 1 is 1.44 bits per heavy atom. The van der Waals surface area contributed by atoms with E-state index in [1.807, 2.05) is 0 Å². The molecular formula is C11H15NO4. The highest BCUT2D eigenvalue weighted by Crippen LogP contribution is 2.24. The van der Waals surface area contributed by atoms with Gasteiger partial charge in [-0.05, 0) is 24.6 Å². The number of carbonyl (C=O) groups excluding carboxylic acids is 1. The molecule has 88 valence electrons. The number of ketones is 1. The molecule has 0 spiro atoms. The van der Waals surface area contributed by atoms with Crippen molar-refractivity contribution in [3.63, 3.8) is 0 Å². The van der Waals surface area contributed by atoms with E-state index >= 15 is 0 Å². The fourth-order valence-electron chi connectivity index (χ4n) is 1.37. The maximum atomic E-state index is 11.2. The fourth-order valence-corrected chi connectivity index (χ4v) is 1.37. The van der Waals surface area contributed by atoms with Gasteiger partial charge in [0.25, 0.3) is 0 Å². The first-order valence-electron chi connectivity index (χ1n) is 4.87. The zero-order valence-corrected chi connectivity index (χ0v) is 8.92. The summed E-state index contributed by atoms with van der Waals surface area (Å²) in [6.07, 6.45) is -2.26. The maximum Gasteiger partial charge on any atom is 0.163 e. The van der Waals surface area contributed by atoms with E-state index in [0.717, 1.165) is 0 Å². The van der Waals surface area contributed by atoms with E-state index in [2.05, 4.69) is 0 Å². The Morgan fingerprint density at radius 3 is 2.56 bits per heavy atom. The number of aliphatic hydroxyl groups excluding tert-OH is 2. The number of phenols is 1. The van der Waals surface area contributed by atoms with E-state index in [1.165, 1.54) is 25.1 Å². The molecule has 0 saturated heterocycles. The van der Waals surface area contributed by atoms with Gasteiger partial charge in [0.15, 0.2) is 5.78 Å². The Kier molecular flexibility index (Phi) is 4.00. The van der Waals surface area contributed by atoms with E-state index in [-0.39, 0.29) is 23.6 Å². The minimum atomic E-state index is -1.16. The van der Waals surface area contributed by atoms with Gasteiger partial charge in [-0.2, -0.15) is 0 Å². The lowest BCUT2D eigenvalue weighted by Crippen LogP contribution is -2.27. The van der Waals surface area contributed by atoms with Crippen LogP contribution in [-0.2, 0) is 0 Å². The fraction of sp³-hybridized carbons (Fsp3) is 0.364. The molecule has 0 bridgehead atoms. The molecule has 5 nitrogen and oxygen atoms in total. The van der Waals surface area contributed by atoms with Crippen LogP contribution in [0.2, 0.25) is 0 Å². The molecule has 16 heavy (non-hydrogen) atoms. The second-order valence-corrected chi connectivity index (χ2v) is 3.58. The van der Waals surface area contributed by atoms with Gasteiger partial charge in [-0.3, -0.25) is 4.79 Å². The molecule has 1 rings (SSSR count). The highest BCUT2D eigenvalue weighted by atomic mass is 16.3. The van der Waals surface area contributed by atoms with Crippen molar-refractivity contribution in [1.82, 2.24) is 0 Å². The number of Topliss-reactive ketones (excluding diaryl/α,β-unsaturated/α-hetero) is 1. The minimum Gasteiger partial charge on any atom is -0.507 e. The number of benzene rings is 1. The molecule has 1 aromatic rings. The van der Waals surface area contributed by atoms with Crippen LogP contribution in [0.5, 0.6) is 5.75 Å². The van der Waals surface area contributed by atoms with Crippen LogP contribution in [-0.4, -0.2) is 33.8 Å². The first-order valence-corrected chi connectivity index (χ1v) is 4.87. The van der Waals surface area contributed by atoms with E-state index in [9.17, 15) is 20.1 Å². The zero-order valence-electron chi connectivity index (χ0n) is 8.92. The normalized spacial score (nSPS) is 14.5. The molecule has 0 aliphatic heterocycles. The van der Waals surface area contributed by atoms with Crippen molar-refractivity contribution in [2.75, 3.05) is 6.54 Å². The highest BCUT2D eigenvalue weighted by Gasteiger charge is 2.18. The first kappa shape index (κ1) is 12.6. The van der Waals surface area contributed by atoms with E-state index in [4.69, 9.17) is 5.73 Å². The molecule has 5 N–H and O–H groups in total. The Hall–Kier alpha value is -1.43. The van der Waals surface area contributed by atoms with Gasteiger partial charge >= 0.3 is 0 Å². The van der Waals surface area contributed by atoms with Gasteiger partial charge in [0.1, 0.15) is 11.9 Å². The van der Waals surface area contributed by atoms with Crippen LogP contribution in [0.25, 0.3) is 0 Å². The smallest absolute Gasteiger partial charge is 0.163 e. The van der Waals surface area contributed by atoms with Crippen molar-refractivity contribution < 1.29 is 20.1 Å². The Bertz CT molecular complexity index is 392. The van der Waals surface area contributed by atoms with Crippen LogP contribution in [0.4, 0.5) is 0 Å². The number of hydrogen-bond acceptors (Lipinski definition) is 5. The summed E-state index contributed by atoms with van der Waals surface area (Å²) in [5.74, 6) is -0.459. The summed E-state index contributed by atoms with van der Waals surface area (Å²) in [6, 6.07) is 4.09. The van der Waals surface area contributed by atoms with Gasteiger partial charge in [-0.25, -0.2) is 0 Å². The molecule has 5 heteroatoms. The number of carbonyl (C=O) groups is 1. The third-order valence-corrected chi connectivity index (χ3v) is 2.35. The lowest BCUT2D eigenvalue weighted by atomic mass is 10.00. The number of hydrogen-bond donors (Lipinski definition) is 4. The molecule has 0 fully saturated rings. The van der Waals surface area contributed by atoms with E-state index < -0.39 is 12.2 Å². The summed E-state index contributed by atoms with van der Waals surface area (Å²) in [5, 5.41) is 28.4. The van der Waals surface area contributed by atoms with Crippen molar-refractivity contribution in [3.8, 4) is 5.75 Å². The molecule has 0 aliphatic rings. The molecule has 0 heterocycles. The number of aliphatic hydroxyl groups is 2. The summed E-state index contributed by atoms with van der Waals surface area (Å²) in [4.78, 5) is 11.2. The minimum absolute atomic E-state index is 0.0859. The van der Waals surface area contributed by atoms with Gasteiger partial charge in [0, 0.05) is 6.54 Å². The van der Waals surface area contributed by atoms with Crippen LogP contribution in [0, 0.1) is 0 Å². The summed E-state index contributed by atoms with van der Waals surface area (Å²) in [5.41, 5.74) is 5.67. The standard InChI is InChI=1S/C11H15NO4/c1-6(13)8-4-7(2-3-9(8)14)11(16)10(15)5-12/h2-4,10-11,14-16H,5,12H2,1H3. The molecular weight excluding hydrogens is 210 g/mol. The number of nitrogens with two attached hydrogens (primary N) is 1. The highest BCUT2D eigenvalue weighted by molar-refractivity contribution is 5.96. The average Bonchev–Trinajstić information content (AvgIpc) is 2.27. The quantitative estimate of drug-likeness (QED) is 0.538. The molecule has 1 aromatic carbocycles. The number of aromatic hydroxyl groups is 1. The lowest BCUT2D eigenvalue weighted by molar-refractivity contribution is 0.0243. The predicted molar refractivity (Wildman–Crippen MR) is 58.1 cm³/mol. The largest absolute Gasteiger partial charge is 0.507 e. The summed E-state index contributed by atoms with van der Waals surface area (Å²) >= 11 is 0. The summed E-state index contributed by atoms with van der Waals surface area (Å²) in [6.45, 7) is 1.22. The Balaban J connectivity index is 3.07. The molecule has 2 atom stereocenters. The second-order valence-electron chi connectivity index (χ2n) is 3.58. The van der Waals surface area contributed by atoms with Gasteiger partial charge in [0.2, 0.25) is 0 Å². The van der Waals surface area contributed by atoms with Gasteiger partial charge in [-0.1, -0.05) is 6.07 Å². The van der Waals surface area contributed by atoms with Crippen LogP contribution in [0.15, 0.2) is 18.2 Å². The van der Waals surface area contributed by atoms with Crippen molar-refractivity contribution in [2.45, 2.75) is 19.1 Å². The zero-order chi connectivity index (χ0) is 12.3. The van der Waals surface area contributed by atoms with Crippen LogP contribution in [0.3, 0.4) is 0 Å². The molecule has 0 saturated carbocycles. The van der Waals surface area contributed by atoms with Crippen LogP contribution < -0.4 is 5.73 Å². The SMILES string of the molecule is CC(=O)c1cc(C(O)C(O)CN)ccc1O.